The topological polar surface area (TPSA) is 131 Å². The number of aromatic amines is 1. The van der Waals surface area contributed by atoms with Gasteiger partial charge in [-0.05, 0) is 32.1 Å². The number of hydrogen-bond acceptors (Lipinski definition) is 7. The van der Waals surface area contributed by atoms with Crippen molar-refractivity contribution in [3.05, 3.63) is 45.3 Å². The third-order valence-corrected chi connectivity index (χ3v) is 6.51. The van der Waals surface area contributed by atoms with Gasteiger partial charge in [0.25, 0.3) is 5.56 Å². The number of aliphatic hydroxyl groups is 2. The SMILES string of the molecule is CCCCCCCC/C=C\CCCCCCCC(=O)OC[C@H]1O[C@@H](n2ccc(=O)[nH]c2=O)[C@H](O)[C@@H]1O. The van der Waals surface area contributed by atoms with E-state index in [1.807, 2.05) is 0 Å². The molecular weight excluding hydrogens is 464 g/mol. The number of H-pyrrole nitrogens is 1. The van der Waals surface area contributed by atoms with Gasteiger partial charge in [-0.2, -0.15) is 0 Å². The number of hydrogen-bond donors (Lipinski definition) is 3. The maximum atomic E-state index is 12.0. The molecule has 2 heterocycles. The van der Waals surface area contributed by atoms with E-state index >= 15 is 0 Å². The summed E-state index contributed by atoms with van der Waals surface area (Å²) in [5.74, 6) is -0.387. The fourth-order valence-electron chi connectivity index (χ4n) is 4.31. The summed E-state index contributed by atoms with van der Waals surface area (Å²) in [5.41, 5.74) is -1.34. The van der Waals surface area contributed by atoms with Gasteiger partial charge in [-0.25, -0.2) is 4.79 Å². The summed E-state index contributed by atoms with van der Waals surface area (Å²) in [6.07, 6.45) is 16.5. The first-order chi connectivity index (χ1) is 17.4. The molecule has 9 heteroatoms. The van der Waals surface area contributed by atoms with Crippen molar-refractivity contribution in [1.29, 1.82) is 0 Å². The highest BCUT2D eigenvalue weighted by Crippen LogP contribution is 2.28. The summed E-state index contributed by atoms with van der Waals surface area (Å²) in [5, 5.41) is 20.4. The van der Waals surface area contributed by atoms with Crippen LogP contribution in [0.2, 0.25) is 0 Å². The third kappa shape index (κ3) is 10.8. The molecule has 0 radical (unpaired) electrons. The molecule has 0 unspecified atom stereocenters. The number of carbonyl (C=O) groups is 1. The molecular formula is C27H44N2O7. The average Bonchev–Trinajstić information content (AvgIpc) is 3.13. The monoisotopic (exact) mass is 508 g/mol. The lowest BCUT2D eigenvalue weighted by Crippen LogP contribution is -2.37. The van der Waals surface area contributed by atoms with Gasteiger partial charge in [0.2, 0.25) is 0 Å². The van der Waals surface area contributed by atoms with Crippen molar-refractivity contribution in [3.63, 3.8) is 0 Å². The second-order valence-corrected chi connectivity index (χ2v) is 9.58. The minimum Gasteiger partial charge on any atom is -0.463 e. The van der Waals surface area contributed by atoms with Crippen LogP contribution in [0.5, 0.6) is 0 Å². The zero-order valence-corrected chi connectivity index (χ0v) is 21.6. The molecule has 1 saturated heterocycles. The molecule has 1 aromatic heterocycles. The van der Waals surface area contributed by atoms with Crippen molar-refractivity contribution in [2.45, 2.75) is 121 Å². The van der Waals surface area contributed by atoms with E-state index in [-0.39, 0.29) is 19.0 Å². The molecule has 204 valence electrons. The molecule has 0 aromatic carbocycles. The number of aromatic nitrogens is 2. The summed E-state index contributed by atoms with van der Waals surface area (Å²) in [6.45, 7) is 2.02. The van der Waals surface area contributed by atoms with E-state index in [2.05, 4.69) is 24.1 Å². The quantitative estimate of drug-likeness (QED) is 0.156. The molecule has 1 fully saturated rings. The van der Waals surface area contributed by atoms with Crippen LogP contribution in [0.1, 0.15) is 103 Å². The van der Waals surface area contributed by atoms with Crippen LogP contribution in [0.4, 0.5) is 0 Å². The average molecular weight is 509 g/mol. The van der Waals surface area contributed by atoms with Crippen molar-refractivity contribution in [2.75, 3.05) is 6.61 Å². The van der Waals surface area contributed by atoms with Crippen molar-refractivity contribution in [1.82, 2.24) is 9.55 Å². The highest BCUT2D eigenvalue weighted by Gasteiger charge is 2.44. The number of esters is 1. The lowest BCUT2D eigenvalue weighted by molar-refractivity contribution is -0.150. The van der Waals surface area contributed by atoms with Gasteiger partial charge in [0.1, 0.15) is 24.9 Å². The minimum absolute atomic E-state index is 0.225. The van der Waals surface area contributed by atoms with E-state index in [0.29, 0.717) is 0 Å². The van der Waals surface area contributed by atoms with Gasteiger partial charge < -0.3 is 19.7 Å². The van der Waals surface area contributed by atoms with Crippen molar-refractivity contribution in [3.8, 4) is 0 Å². The van der Waals surface area contributed by atoms with Gasteiger partial charge in [0.15, 0.2) is 6.23 Å². The number of nitrogens with zero attached hydrogens (tertiary/aromatic N) is 1. The van der Waals surface area contributed by atoms with Crippen LogP contribution in [0.3, 0.4) is 0 Å². The lowest BCUT2D eigenvalue weighted by atomic mass is 10.1. The van der Waals surface area contributed by atoms with Gasteiger partial charge in [-0.15, -0.1) is 0 Å². The molecule has 0 aliphatic carbocycles. The molecule has 2 rings (SSSR count). The molecule has 1 aliphatic heterocycles. The first-order valence-corrected chi connectivity index (χ1v) is 13.6. The molecule has 36 heavy (non-hydrogen) atoms. The number of aliphatic hydroxyl groups excluding tert-OH is 2. The van der Waals surface area contributed by atoms with Crippen LogP contribution in [0, 0.1) is 0 Å². The Balaban J connectivity index is 1.50. The van der Waals surface area contributed by atoms with Crippen molar-refractivity contribution < 1.29 is 24.5 Å². The Morgan fingerprint density at radius 2 is 1.58 bits per heavy atom. The number of allylic oxidation sites excluding steroid dienone is 2. The maximum absolute atomic E-state index is 12.0. The standard InChI is InChI=1S/C27H44N2O7/c1-2-3-4-5-6-7-8-9-10-11-12-13-14-15-16-17-23(31)35-20-21-24(32)25(33)26(36-21)29-19-18-22(30)28-27(29)34/h9-10,18-19,21,24-26,32-33H,2-8,11-17,20H2,1H3,(H,28,30,34)/b10-9-/t21-,24-,25-,26-/m1/s1. The second-order valence-electron chi connectivity index (χ2n) is 9.58. The molecule has 0 amide bonds. The van der Waals surface area contributed by atoms with E-state index in [4.69, 9.17) is 9.47 Å². The summed E-state index contributed by atoms with van der Waals surface area (Å²) in [4.78, 5) is 37.2. The molecule has 1 aliphatic rings. The fourth-order valence-corrected chi connectivity index (χ4v) is 4.31. The predicted octanol–water partition coefficient (Wildman–Crippen LogP) is 3.74. The Bertz CT molecular complexity index is 895. The molecule has 9 nitrogen and oxygen atoms in total. The molecule has 1 aromatic rings. The molecule has 0 saturated carbocycles. The van der Waals surface area contributed by atoms with E-state index in [1.165, 1.54) is 51.1 Å². The van der Waals surface area contributed by atoms with Crippen LogP contribution in [-0.4, -0.2) is 50.7 Å². The summed E-state index contributed by atoms with van der Waals surface area (Å²) < 4.78 is 11.7. The van der Waals surface area contributed by atoms with Gasteiger partial charge >= 0.3 is 11.7 Å². The highest BCUT2D eigenvalue weighted by atomic mass is 16.6. The maximum Gasteiger partial charge on any atom is 0.330 e. The first-order valence-electron chi connectivity index (χ1n) is 13.6. The lowest BCUT2D eigenvalue weighted by Gasteiger charge is -2.16. The number of ether oxygens (including phenoxy) is 2. The van der Waals surface area contributed by atoms with Gasteiger partial charge in [0, 0.05) is 18.7 Å². The molecule has 0 bridgehead atoms. The summed E-state index contributed by atoms with van der Waals surface area (Å²) in [6, 6.07) is 1.12. The summed E-state index contributed by atoms with van der Waals surface area (Å²) in [7, 11) is 0. The van der Waals surface area contributed by atoms with Crippen molar-refractivity contribution >= 4 is 5.97 Å². The Morgan fingerprint density at radius 3 is 2.22 bits per heavy atom. The van der Waals surface area contributed by atoms with Gasteiger partial charge in [0.05, 0.1) is 0 Å². The number of carbonyl (C=O) groups excluding carboxylic acids is 1. The minimum atomic E-state index is -1.40. The number of nitrogens with one attached hydrogen (secondary N) is 1. The van der Waals surface area contributed by atoms with E-state index in [9.17, 15) is 24.6 Å². The van der Waals surface area contributed by atoms with Crippen molar-refractivity contribution in [2.24, 2.45) is 0 Å². The Morgan fingerprint density at radius 1 is 0.972 bits per heavy atom. The van der Waals surface area contributed by atoms with E-state index in [1.54, 1.807) is 0 Å². The van der Waals surface area contributed by atoms with Crippen LogP contribution in [-0.2, 0) is 14.3 Å². The molecule has 3 N–H and O–H groups in total. The second kappa shape index (κ2) is 17.3. The van der Waals surface area contributed by atoms with Crippen LogP contribution < -0.4 is 11.2 Å². The molecule has 0 spiro atoms. The predicted molar refractivity (Wildman–Crippen MR) is 138 cm³/mol. The van der Waals surface area contributed by atoms with Gasteiger partial charge in [-0.3, -0.25) is 19.1 Å². The first kappa shape index (κ1) is 30.0. The van der Waals surface area contributed by atoms with Crippen LogP contribution in [0.25, 0.3) is 0 Å². The Kier molecular flexibility index (Phi) is 14.4. The Labute approximate surface area is 213 Å². The van der Waals surface area contributed by atoms with E-state index < -0.39 is 35.8 Å². The normalized spacial score (nSPS) is 21.9. The third-order valence-electron chi connectivity index (χ3n) is 6.51. The zero-order chi connectivity index (χ0) is 26.2. The summed E-state index contributed by atoms with van der Waals surface area (Å²) >= 11 is 0. The van der Waals surface area contributed by atoms with E-state index in [0.717, 1.165) is 49.2 Å². The fraction of sp³-hybridized carbons (Fsp3) is 0.741. The van der Waals surface area contributed by atoms with Gasteiger partial charge in [-0.1, -0.05) is 70.4 Å². The highest BCUT2D eigenvalue weighted by molar-refractivity contribution is 5.69. The van der Waals surface area contributed by atoms with Crippen LogP contribution in [0.15, 0.2) is 34.0 Å². The molecule has 4 atom stereocenters. The zero-order valence-electron chi connectivity index (χ0n) is 21.6. The largest absolute Gasteiger partial charge is 0.463 e. The number of rotatable bonds is 18. The smallest absolute Gasteiger partial charge is 0.330 e. The Hall–Kier alpha value is -2.23. The number of unbranched alkanes of at least 4 members (excludes halogenated alkanes) is 11. The van der Waals surface area contributed by atoms with Crippen LogP contribution >= 0.6 is 0 Å².